The summed E-state index contributed by atoms with van der Waals surface area (Å²) in [5.41, 5.74) is 10.3. The minimum Gasteiger partial charge on any atom is -0.490 e. The molecule has 2 aliphatic rings. The smallest absolute Gasteiger partial charge is 0.125 e. The molecule has 1 aliphatic carbocycles. The molecule has 1 aliphatic heterocycles. The van der Waals surface area contributed by atoms with E-state index in [0.717, 1.165) is 18.7 Å². The van der Waals surface area contributed by atoms with Crippen LogP contribution in [0.5, 0.6) is 5.75 Å². The second kappa shape index (κ2) is 3.24. The molecule has 2 heteroatoms. The van der Waals surface area contributed by atoms with Crippen molar-refractivity contribution in [3.63, 3.8) is 0 Å². The highest BCUT2D eigenvalue weighted by atomic mass is 16.5. The molecule has 1 heterocycles. The van der Waals surface area contributed by atoms with Gasteiger partial charge in [0.2, 0.25) is 0 Å². The van der Waals surface area contributed by atoms with Gasteiger partial charge in [-0.25, -0.2) is 0 Å². The summed E-state index contributed by atoms with van der Waals surface area (Å²) < 4.78 is 5.83. The van der Waals surface area contributed by atoms with Crippen molar-refractivity contribution in [2.24, 2.45) is 5.73 Å². The number of hydrogen-bond acceptors (Lipinski definition) is 2. The maximum absolute atomic E-state index is 5.89. The first-order valence-electron chi connectivity index (χ1n) is 6.15. The van der Waals surface area contributed by atoms with Crippen LogP contribution in [0.2, 0.25) is 0 Å². The van der Waals surface area contributed by atoms with Gasteiger partial charge in [-0.15, -0.1) is 0 Å². The van der Waals surface area contributed by atoms with Crippen molar-refractivity contribution in [3.05, 3.63) is 28.8 Å². The summed E-state index contributed by atoms with van der Waals surface area (Å²) in [7, 11) is 0. The number of hydrogen-bond donors (Lipinski definition) is 1. The molecule has 0 amide bonds. The number of nitrogens with two attached hydrogens (primary N) is 1. The van der Waals surface area contributed by atoms with Gasteiger partial charge in [-0.05, 0) is 43.4 Å². The summed E-state index contributed by atoms with van der Waals surface area (Å²) in [6, 6.07) is 4.60. The lowest BCUT2D eigenvalue weighted by Crippen LogP contribution is -2.19. The summed E-state index contributed by atoms with van der Waals surface area (Å²) in [6.45, 7) is 5.06. The van der Waals surface area contributed by atoms with Crippen molar-refractivity contribution in [2.45, 2.75) is 44.6 Å². The summed E-state index contributed by atoms with van der Waals surface area (Å²) >= 11 is 0. The predicted octanol–water partition coefficient (Wildman–Crippen LogP) is 2.31. The zero-order valence-electron chi connectivity index (χ0n) is 10.0. The van der Waals surface area contributed by atoms with Gasteiger partial charge in [0.05, 0.1) is 0 Å². The zero-order chi connectivity index (χ0) is 11.3. The van der Waals surface area contributed by atoms with E-state index in [1.807, 2.05) is 0 Å². The SMILES string of the molecule is Cc1cc(C2(CN)CC2)cc2c1OC(C)C2. The van der Waals surface area contributed by atoms with Crippen LogP contribution in [-0.2, 0) is 11.8 Å². The van der Waals surface area contributed by atoms with Gasteiger partial charge >= 0.3 is 0 Å². The topological polar surface area (TPSA) is 35.2 Å². The first-order valence-corrected chi connectivity index (χ1v) is 6.15. The van der Waals surface area contributed by atoms with Crippen molar-refractivity contribution in [2.75, 3.05) is 6.54 Å². The molecule has 0 radical (unpaired) electrons. The van der Waals surface area contributed by atoms with E-state index in [1.165, 1.54) is 29.5 Å². The second-order valence-corrected chi connectivity index (χ2v) is 5.40. The first kappa shape index (κ1) is 10.2. The van der Waals surface area contributed by atoms with Crippen molar-refractivity contribution < 1.29 is 4.74 Å². The number of ether oxygens (including phenoxy) is 1. The van der Waals surface area contributed by atoms with Crippen LogP contribution in [-0.4, -0.2) is 12.6 Å². The molecule has 1 saturated carbocycles. The molecule has 1 fully saturated rings. The van der Waals surface area contributed by atoms with Gasteiger partial charge in [-0.2, -0.15) is 0 Å². The Morgan fingerprint density at radius 3 is 2.81 bits per heavy atom. The molecule has 1 atom stereocenters. The fourth-order valence-electron chi connectivity index (χ4n) is 2.79. The third-order valence-electron chi connectivity index (χ3n) is 4.03. The largest absolute Gasteiger partial charge is 0.490 e. The Balaban J connectivity index is 2.05. The highest BCUT2D eigenvalue weighted by Gasteiger charge is 2.43. The fourth-order valence-corrected chi connectivity index (χ4v) is 2.79. The Morgan fingerprint density at radius 2 is 2.19 bits per heavy atom. The molecule has 1 aromatic rings. The van der Waals surface area contributed by atoms with Crippen molar-refractivity contribution >= 4 is 0 Å². The van der Waals surface area contributed by atoms with Crippen LogP contribution in [0.1, 0.15) is 36.5 Å². The quantitative estimate of drug-likeness (QED) is 0.825. The van der Waals surface area contributed by atoms with E-state index < -0.39 is 0 Å². The molecular formula is C14H19NO. The number of rotatable bonds is 2. The van der Waals surface area contributed by atoms with E-state index >= 15 is 0 Å². The molecule has 2 nitrogen and oxygen atoms in total. The third-order valence-corrected chi connectivity index (χ3v) is 4.03. The van der Waals surface area contributed by atoms with E-state index in [-0.39, 0.29) is 0 Å². The highest BCUT2D eigenvalue weighted by Crippen LogP contribution is 2.49. The van der Waals surface area contributed by atoms with Gasteiger partial charge in [-0.3, -0.25) is 0 Å². The standard InChI is InChI=1S/C14H19NO/c1-9-5-12(14(8-15)3-4-14)7-11-6-10(2)16-13(9)11/h5,7,10H,3-4,6,8,15H2,1-2H3. The lowest BCUT2D eigenvalue weighted by molar-refractivity contribution is 0.253. The Morgan fingerprint density at radius 1 is 1.44 bits per heavy atom. The summed E-state index contributed by atoms with van der Waals surface area (Å²) in [6.07, 6.45) is 3.87. The van der Waals surface area contributed by atoms with Crippen molar-refractivity contribution in [1.29, 1.82) is 0 Å². The van der Waals surface area contributed by atoms with Gasteiger partial charge in [0, 0.05) is 18.4 Å². The molecule has 3 rings (SSSR count). The maximum atomic E-state index is 5.89. The van der Waals surface area contributed by atoms with E-state index in [1.54, 1.807) is 0 Å². The van der Waals surface area contributed by atoms with E-state index in [0.29, 0.717) is 11.5 Å². The van der Waals surface area contributed by atoms with E-state index in [9.17, 15) is 0 Å². The minimum atomic E-state index is 0.297. The number of fused-ring (bicyclic) bond motifs is 1. The molecule has 0 spiro atoms. The lowest BCUT2D eigenvalue weighted by atomic mass is 9.91. The van der Waals surface area contributed by atoms with Crippen LogP contribution in [0, 0.1) is 6.92 Å². The molecule has 1 aromatic carbocycles. The van der Waals surface area contributed by atoms with Gasteiger partial charge in [-0.1, -0.05) is 12.1 Å². The maximum Gasteiger partial charge on any atom is 0.125 e. The van der Waals surface area contributed by atoms with Crippen molar-refractivity contribution in [3.8, 4) is 5.75 Å². The van der Waals surface area contributed by atoms with Crippen LogP contribution in [0.15, 0.2) is 12.1 Å². The Bertz CT molecular complexity index is 435. The van der Waals surface area contributed by atoms with Gasteiger partial charge < -0.3 is 10.5 Å². The fraction of sp³-hybridized carbons (Fsp3) is 0.571. The zero-order valence-corrected chi connectivity index (χ0v) is 10.0. The highest BCUT2D eigenvalue weighted by molar-refractivity contribution is 5.50. The normalized spacial score (nSPS) is 25.1. The molecule has 0 aromatic heterocycles. The molecular weight excluding hydrogens is 198 g/mol. The third kappa shape index (κ3) is 1.36. The van der Waals surface area contributed by atoms with Crippen LogP contribution < -0.4 is 10.5 Å². The Labute approximate surface area is 96.8 Å². The summed E-state index contributed by atoms with van der Waals surface area (Å²) in [5, 5.41) is 0. The summed E-state index contributed by atoms with van der Waals surface area (Å²) in [4.78, 5) is 0. The summed E-state index contributed by atoms with van der Waals surface area (Å²) in [5.74, 6) is 1.11. The second-order valence-electron chi connectivity index (χ2n) is 5.40. The van der Waals surface area contributed by atoms with Gasteiger partial charge in [0.1, 0.15) is 11.9 Å². The molecule has 16 heavy (non-hydrogen) atoms. The van der Waals surface area contributed by atoms with E-state index in [2.05, 4.69) is 26.0 Å². The van der Waals surface area contributed by atoms with Crippen molar-refractivity contribution in [1.82, 2.24) is 0 Å². The predicted molar refractivity (Wildman–Crippen MR) is 64.9 cm³/mol. The minimum absolute atomic E-state index is 0.297. The number of benzene rings is 1. The molecule has 1 unspecified atom stereocenters. The average molecular weight is 217 g/mol. The Hall–Kier alpha value is -1.02. The molecule has 0 bridgehead atoms. The van der Waals surface area contributed by atoms with Gasteiger partial charge in [0.15, 0.2) is 0 Å². The van der Waals surface area contributed by atoms with E-state index in [4.69, 9.17) is 10.5 Å². The van der Waals surface area contributed by atoms with Crippen LogP contribution in [0.25, 0.3) is 0 Å². The van der Waals surface area contributed by atoms with Crippen LogP contribution in [0.3, 0.4) is 0 Å². The first-order chi connectivity index (χ1) is 7.64. The van der Waals surface area contributed by atoms with Crippen LogP contribution in [0.4, 0.5) is 0 Å². The molecule has 2 N–H and O–H groups in total. The Kier molecular flexibility index (Phi) is 2.05. The number of aryl methyl sites for hydroxylation is 1. The lowest BCUT2D eigenvalue weighted by Gasteiger charge is -2.15. The van der Waals surface area contributed by atoms with Crippen LogP contribution >= 0.6 is 0 Å². The monoisotopic (exact) mass is 217 g/mol. The molecule has 0 saturated heterocycles. The average Bonchev–Trinajstić information content (AvgIpc) is 2.96. The van der Waals surface area contributed by atoms with Gasteiger partial charge in [0.25, 0.3) is 0 Å². The molecule has 86 valence electrons.